The summed E-state index contributed by atoms with van der Waals surface area (Å²) in [5.74, 6) is 0.300. The summed E-state index contributed by atoms with van der Waals surface area (Å²) in [6.45, 7) is 2.96. The van der Waals surface area contributed by atoms with Gasteiger partial charge in [0.2, 0.25) is 0 Å². The number of benzene rings is 1. The molecule has 1 fully saturated rings. The molecule has 0 aliphatic carbocycles. The maximum Gasteiger partial charge on any atom is 0.142 e. The molecule has 1 aliphatic heterocycles. The molecule has 0 N–H and O–H groups in total. The first kappa shape index (κ1) is 11.9. The van der Waals surface area contributed by atoms with Gasteiger partial charge in [0.25, 0.3) is 0 Å². The number of ether oxygens (including phenoxy) is 1. The van der Waals surface area contributed by atoms with E-state index < -0.39 is 0 Å². The minimum absolute atomic E-state index is 0.0366. The van der Waals surface area contributed by atoms with Crippen molar-refractivity contribution in [2.24, 2.45) is 5.92 Å². The third-order valence-corrected chi connectivity index (χ3v) is 3.57. The number of hydrogen-bond acceptors (Lipinski definition) is 1. The fraction of sp³-hybridized carbons (Fsp3) is 0.538. The molecule has 0 saturated carbocycles. The lowest BCUT2D eigenvalue weighted by molar-refractivity contribution is -0.0182. The van der Waals surface area contributed by atoms with Gasteiger partial charge in [0.15, 0.2) is 0 Å². The monoisotopic (exact) mass is 242 g/mol. The molecule has 0 aromatic heterocycles. The van der Waals surface area contributed by atoms with Gasteiger partial charge in [0.05, 0.1) is 17.7 Å². The van der Waals surface area contributed by atoms with Gasteiger partial charge in [-0.05, 0) is 36.5 Å². The van der Waals surface area contributed by atoms with Gasteiger partial charge in [-0.2, -0.15) is 0 Å². The number of rotatable bonds is 2. The molecule has 1 nitrogen and oxygen atoms in total. The molecule has 0 amide bonds. The summed E-state index contributed by atoms with van der Waals surface area (Å²) in [4.78, 5) is 0. The van der Waals surface area contributed by atoms with Crippen molar-refractivity contribution >= 4 is 11.6 Å². The normalized spacial score (nSPS) is 25.7. The summed E-state index contributed by atoms with van der Waals surface area (Å²) in [5, 5.41) is 0.172. The standard InChI is InChI=1S/C13H16ClFO/c1-2-9-3-6-13(16-8-9)10-4-5-11(14)12(15)7-10/h4-5,7,9,13H,2-3,6,8H2,1H3. The van der Waals surface area contributed by atoms with E-state index in [9.17, 15) is 4.39 Å². The van der Waals surface area contributed by atoms with Gasteiger partial charge in [-0.1, -0.05) is 31.0 Å². The van der Waals surface area contributed by atoms with E-state index in [4.69, 9.17) is 16.3 Å². The SMILES string of the molecule is CCC1CCC(c2ccc(Cl)c(F)c2)OC1. The molecular formula is C13H16ClFO. The Morgan fingerprint density at radius 1 is 1.44 bits per heavy atom. The summed E-state index contributed by atoms with van der Waals surface area (Å²) in [6, 6.07) is 4.93. The van der Waals surface area contributed by atoms with Crippen LogP contribution in [0.5, 0.6) is 0 Å². The van der Waals surface area contributed by atoms with Crippen molar-refractivity contribution in [2.75, 3.05) is 6.61 Å². The first-order valence-electron chi connectivity index (χ1n) is 5.77. The van der Waals surface area contributed by atoms with Gasteiger partial charge in [-0.3, -0.25) is 0 Å². The predicted molar refractivity (Wildman–Crippen MR) is 63.1 cm³/mol. The lowest BCUT2D eigenvalue weighted by Gasteiger charge is -2.28. The average molecular weight is 243 g/mol. The Bertz CT molecular complexity index is 359. The summed E-state index contributed by atoms with van der Waals surface area (Å²) >= 11 is 5.65. The van der Waals surface area contributed by atoms with Crippen LogP contribution in [0.3, 0.4) is 0 Å². The van der Waals surface area contributed by atoms with Crippen molar-refractivity contribution in [3.63, 3.8) is 0 Å². The van der Waals surface area contributed by atoms with Crippen molar-refractivity contribution in [3.8, 4) is 0 Å². The summed E-state index contributed by atoms with van der Waals surface area (Å²) < 4.78 is 19.0. The van der Waals surface area contributed by atoms with E-state index in [1.807, 2.05) is 6.07 Å². The fourth-order valence-corrected chi connectivity index (χ4v) is 2.22. The molecule has 1 heterocycles. The van der Waals surface area contributed by atoms with Gasteiger partial charge in [0, 0.05) is 0 Å². The van der Waals surface area contributed by atoms with Crippen LogP contribution >= 0.6 is 11.6 Å². The second kappa shape index (κ2) is 5.15. The molecule has 1 aromatic rings. The van der Waals surface area contributed by atoms with Crippen LogP contribution < -0.4 is 0 Å². The van der Waals surface area contributed by atoms with Crippen LogP contribution in [0.4, 0.5) is 4.39 Å². The van der Waals surface area contributed by atoms with Gasteiger partial charge in [-0.15, -0.1) is 0 Å². The molecule has 88 valence electrons. The van der Waals surface area contributed by atoms with Crippen molar-refractivity contribution in [1.29, 1.82) is 0 Å². The maximum absolute atomic E-state index is 13.3. The average Bonchev–Trinajstić information content (AvgIpc) is 2.33. The lowest BCUT2D eigenvalue weighted by atomic mass is 9.93. The van der Waals surface area contributed by atoms with Gasteiger partial charge in [0.1, 0.15) is 5.82 Å². The lowest BCUT2D eigenvalue weighted by Crippen LogP contribution is -2.20. The van der Waals surface area contributed by atoms with Crippen LogP contribution in [-0.2, 0) is 4.74 Å². The zero-order chi connectivity index (χ0) is 11.5. The third kappa shape index (κ3) is 2.55. The van der Waals surface area contributed by atoms with Crippen molar-refractivity contribution < 1.29 is 9.13 Å². The van der Waals surface area contributed by atoms with E-state index in [1.54, 1.807) is 6.07 Å². The second-order valence-corrected chi connectivity index (χ2v) is 4.75. The van der Waals surface area contributed by atoms with Crippen molar-refractivity contribution in [2.45, 2.75) is 32.3 Å². The van der Waals surface area contributed by atoms with Crippen LogP contribution in [0.1, 0.15) is 37.9 Å². The van der Waals surface area contributed by atoms with E-state index in [0.29, 0.717) is 5.92 Å². The molecule has 16 heavy (non-hydrogen) atoms. The van der Waals surface area contributed by atoms with Crippen LogP contribution in [-0.4, -0.2) is 6.61 Å². The quantitative estimate of drug-likeness (QED) is 0.749. The van der Waals surface area contributed by atoms with E-state index >= 15 is 0 Å². The first-order chi connectivity index (χ1) is 7.70. The zero-order valence-electron chi connectivity index (χ0n) is 9.38. The second-order valence-electron chi connectivity index (χ2n) is 4.35. The van der Waals surface area contributed by atoms with Crippen LogP contribution in [0.15, 0.2) is 18.2 Å². The molecule has 1 aliphatic rings. The van der Waals surface area contributed by atoms with E-state index in [0.717, 1.165) is 31.4 Å². The number of halogens is 2. The molecule has 2 unspecified atom stereocenters. The highest BCUT2D eigenvalue weighted by molar-refractivity contribution is 6.30. The third-order valence-electron chi connectivity index (χ3n) is 3.26. The Morgan fingerprint density at radius 3 is 2.81 bits per heavy atom. The zero-order valence-corrected chi connectivity index (χ0v) is 10.1. The molecule has 0 spiro atoms. The highest BCUT2D eigenvalue weighted by Gasteiger charge is 2.22. The van der Waals surface area contributed by atoms with Gasteiger partial charge in [-0.25, -0.2) is 4.39 Å². The Balaban J connectivity index is 2.05. The van der Waals surface area contributed by atoms with Crippen molar-refractivity contribution in [3.05, 3.63) is 34.6 Å². The smallest absolute Gasteiger partial charge is 0.142 e. The molecule has 1 aromatic carbocycles. The number of hydrogen-bond donors (Lipinski definition) is 0. The fourth-order valence-electron chi connectivity index (χ4n) is 2.10. The minimum Gasteiger partial charge on any atom is -0.373 e. The summed E-state index contributed by atoms with van der Waals surface area (Å²) in [6.07, 6.45) is 3.32. The van der Waals surface area contributed by atoms with Crippen LogP contribution in [0, 0.1) is 11.7 Å². The van der Waals surface area contributed by atoms with Gasteiger partial charge < -0.3 is 4.74 Å². The summed E-state index contributed by atoms with van der Waals surface area (Å²) in [7, 11) is 0. The minimum atomic E-state index is -0.361. The maximum atomic E-state index is 13.3. The Morgan fingerprint density at radius 2 is 2.25 bits per heavy atom. The molecule has 1 saturated heterocycles. The topological polar surface area (TPSA) is 9.23 Å². The Labute approximate surface area is 101 Å². The van der Waals surface area contributed by atoms with Crippen molar-refractivity contribution in [1.82, 2.24) is 0 Å². The predicted octanol–water partition coefficient (Wildman–Crippen LogP) is 4.36. The molecular weight excluding hydrogens is 227 g/mol. The van der Waals surface area contributed by atoms with Crippen LogP contribution in [0.25, 0.3) is 0 Å². The van der Waals surface area contributed by atoms with E-state index in [1.165, 1.54) is 6.07 Å². The first-order valence-corrected chi connectivity index (χ1v) is 6.15. The summed E-state index contributed by atoms with van der Waals surface area (Å²) in [5.41, 5.74) is 0.899. The Kier molecular flexibility index (Phi) is 3.82. The highest BCUT2D eigenvalue weighted by Crippen LogP contribution is 2.32. The van der Waals surface area contributed by atoms with E-state index in [-0.39, 0.29) is 16.9 Å². The largest absolute Gasteiger partial charge is 0.373 e. The van der Waals surface area contributed by atoms with Crippen LogP contribution in [0.2, 0.25) is 5.02 Å². The van der Waals surface area contributed by atoms with Gasteiger partial charge >= 0.3 is 0 Å². The molecule has 0 bridgehead atoms. The molecule has 2 rings (SSSR count). The molecule has 2 atom stereocenters. The highest BCUT2D eigenvalue weighted by atomic mass is 35.5. The Hall–Kier alpha value is -0.600. The molecule has 3 heteroatoms. The molecule has 0 radical (unpaired) electrons. The van der Waals surface area contributed by atoms with E-state index in [2.05, 4.69) is 6.92 Å².